The molecule has 0 saturated carbocycles. The zero-order chi connectivity index (χ0) is 18.5. The van der Waals surface area contributed by atoms with Crippen molar-refractivity contribution < 1.29 is 9.53 Å². The summed E-state index contributed by atoms with van der Waals surface area (Å²) in [4.78, 5) is 12.4. The predicted molar refractivity (Wildman–Crippen MR) is 102 cm³/mol. The van der Waals surface area contributed by atoms with E-state index in [1.807, 2.05) is 36.4 Å². The molecule has 0 aliphatic heterocycles. The lowest BCUT2D eigenvalue weighted by molar-refractivity contribution is 0.0818. The van der Waals surface area contributed by atoms with E-state index >= 15 is 0 Å². The van der Waals surface area contributed by atoms with E-state index < -0.39 is 6.10 Å². The number of nitrogens with zero attached hydrogens (tertiary/aromatic N) is 1. The van der Waals surface area contributed by atoms with E-state index in [1.54, 1.807) is 43.3 Å². The maximum absolute atomic E-state index is 12.4. The molecule has 0 heterocycles. The standard InChI is InChI=1S/C22H16ClNO2/c1-15(22(25)19-6-10-20(23)11-7-19)26-21-12-8-18(9-13-21)17-4-2-16(14-24)3-5-17/h2-13,15H,1H3/t15-/m1/s1. The van der Waals surface area contributed by atoms with E-state index in [1.165, 1.54) is 0 Å². The Labute approximate surface area is 157 Å². The molecule has 128 valence electrons. The molecular formula is C22H16ClNO2. The van der Waals surface area contributed by atoms with Crippen molar-refractivity contribution in [1.29, 1.82) is 5.26 Å². The van der Waals surface area contributed by atoms with E-state index in [2.05, 4.69) is 6.07 Å². The molecule has 3 aromatic carbocycles. The highest BCUT2D eigenvalue weighted by Crippen LogP contribution is 2.24. The van der Waals surface area contributed by atoms with Gasteiger partial charge >= 0.3 is 0 Å². The minimum absolute atomic E-state index is 0.0992. The highest BCUT2D eigenvalue weighted by Gasteiger charge is 2.16. The Morgan fingerprint density at radius 3 is 2.00 bits per heavy atom. The molecule has 0 saturated heterocycles. The van der Waals surface area contributed by atoms with E-state index in [4.69, 9.17) is 21.6 Å². The van der Waals surface area contributed by atoms with Crippen molar-refractivity contribution in [2.75, 3.05) is 0 Å². The van der Waals surface area contributed by atoms with Crippen LogP contribution in [0.15, 0.2) is 72.8 Å². The number of carbonyl (C=O) groups is 1. The Morgan fingerprint density at radius 1 is 0.923 bits per heavy atom. The maximum Gasteiger partial charge on any atom is 0.202 e. The Balaban J connectivity index is 1.69. The second-order valence-corrected chi connectivity index (χ2v) is 6.28. The number of halogens is 1. The van der Waals surface area contributed by atoms with Crippen LogP contribution >= 0.6 is 11.6 Å². The Hall–Kier alpha value is -3.09. The first-order valence-electron chi connectivity index (χ1n) is 8.14. The summed E-state index contributed by atoms with van der Waals surface area (Å²) in [5, 5.41) is 9.45. The first-order valence-corrected chi connectivity index (χ1v) is 8.51. The number of hydrogen-bond acceptors (Lipinski definition) is 3. The van der Waals surface area contributed by atoms with Gasteiger partial charge in [0.1, 0.15) is 5.75 Å². The lowest BCUT2D eigenvalue weighted by Gasteiger charge is -2.14. The molecule has 0 unspecified atom stereocenters. The van der Waals surface area contributed by atoms with Crippen LogP contribution in [0.5, 0.6) is 5.75 Å². The van der Waals surface area contributed by atoms with Gasteiger partial charge in [-0.15, -0.1) is 0 Å². The summed E-state index contributed by atoms with van der Waals surface area (Å²) in [6, 6.07) is 23.8. The lowest BCUT2D eigenvalue weighted by atomic mass is 10.0. The Kier molecular flexibility index (Phi) is 5.36. The first kappa shape index (κ1) is 17.7. The lowest BCUT2D eigenvalue weighted by Crippen LogP contribution is -2.23. The second kappa shape index (κ2) is 7.86. The molecule has 4 heteroatoms. The van der Waals surface area contributed by atoms with Gasteiger partial charge in [0.25, 0.3) is 0 Å². The number of Topliss-reactive ketones (excluding diaryl/α,β-unsaturated/α-hetero) is 1. The normalized spacial score (nSPS) is 11.4. The average molecular weight is 362 g/mol. The highest BCUT2D eigenvalue weighted by atomic mass is 35.5. The zero-order valence-corrected chi connectivity index (χ0v) is 14.9. The third-order valence-corrected chi connectivity index (χ3v) is 4.26. The fraction of sp³-hybridized carbons (Fsp3) is 0.0909. The van der Waals surface area contributed by atoms with Gasteiger partial charge in [-0.25, -0.2) is 0 Å². The van der Waals surface area contributed by atoms with Crippen molar-refractivity contribution in [3.8, 4) is 22.9 Å². The quantitative estimate of drug-likeness (QED) is 0.561. The van der Waals surface area contributed by atoms with Crippen molar-refractivity contribution in [3.63, 3.8) is 0 Å². The van der Waals surface area contributed by atoms with Gasteiger partial charge in [0, 0.05) is 10.6 Å². The number of ether oxygens (including phenoxy) is 1. The molecule has 0 N–H and O–H groups in total. The minimum Gasteiger partial charge on any atom is -0.483 e. The second-order valence-electron chi connectivity index (χ2n) is 5.84. The minimum atomic E-state index is -0.600. The van der Waals surface area contributed by atoms with Crippen LogP contribution in [0.1, 0.15) is 22.8 Å². The van der Waals surface area contributed by atoms with Gasteiger partial charge in [-0.3, -0.25) is 4.79 Å². The smallest absolute Gasteiger partial charge is 0.202 e. The number of hydrogen-bond donors (Lipinski definition) is 0. The molecule has 3 rings (SSSR count). The van der Waals surface area contributed by atoms with E-state index in [0.717, 1.165) is 11.1 Å². The molecule has 26 heavy (non-hydrogen) atoms. The molecule has 3 nitrogen and oxygen atoms in total. The largest absolute Gasteiger partial charge is 0.483 e. The van der Waals surface area contributed by atoms with Gasteiger partial charge < -0.3 is 4.74 Å². The summed E-state index contributed by atoms with van der Waals surface area (Å²) in [6.45, 7) is 1.73. The Morgan fingerprint density at radius 2 is 1.46 bits per heavy atom. The fourth-order valence-electron chi connectivity index (χ4n) is 2.57. The number of ketones is 1. The van der Waals surface area contributed by atoms with Crippen molar-refractivity contribution in [2.45, 2.75) is 13.0 Å². The molecule has 0 bridgehead atoms. The molecule has 0 radical (unpaired) electrons. The molecule has 1 atom stereocenters. The Bertz CT molecular complexity index is 939. The van der Waals surface area contributed by atoms with Crippen LogP contribution in [0.25, 0.3) is 11.1 Å². The van der Waals surface area contributed by atoms with Gasteiger partial charge in [-0.05, 0) is 66.6 Å². The summed E-state index contributed by atoms with van der Waals surface area (Å²) in [7, 11) is 0. The number of rotatable bonds is 5. The highest BCUT2D eigenvalue weighted by molar-refractivity contribution is 6.30. The third-order valence-electron chi connectivity index (χ3n) is 4.01. The van der Waals surface area contributed by atoms with Gasteiger partial charge in [0.15, 0.2) is 6.10 Å². The van der Waals surface area contributed by atoms with Gasteiger partial charge in [-0.1, -0.05) is 35.9 Å². The van der Waals surface area contributed by atoms with Gasteiger partial charge in [0.05, 0.1) is 11.6 Å². The monoisotopic (exact) mass is 361 g/mol. The van der Waals surface area contributed by atoms with Crippen molar-refractivity contribution in [1.82, 2.24) is 0 Å². The van der Waals surface area contributed by atoms with Crippen LogP contribution in [0.2, 0.25) is 5.02 Å². The van der Waals surface area contributed by atoms with Crippen LogP contribution in [0.3, 0.4) is 0 Å². The first-order chi connectivity index (χ1) is 12.6. The van der Waals surface area contributed by atoms with Gasteiger partial charge in [-0.2, -0.15) is 5.26 Å². The molecule has 0 aliphatic carbocycles. The van der Waals surface area contributed by atoms with Crippen LogP contribution in [-0.4, -0.2) is 11.9 Å². The zero-order valence-electron chi connectivity index (χ0n) is 14.1. The third kappa shape index (κ3) is 4.11. The number of benzene rings is 3. The fourth-order valence-corrected chi connectivity index (χ4v) is 2.70. The van der Waals surface area contributed by atoms with E-state index in [0.29, 0.717) is 21.9 Å². The van der Waals surface area contributed by atoms with Crippen LogP contribution in [0.4, 0.5) is 0 Å². The molecule has 0 aliphatic rings. The molecule has 0 aromatic heterocycles. The van der Waals surface area contributed by atoms with E-state index in [9.17, 15) is 4.79 Å². The average Bonchev–Trinajstić information content (AvgIpc) is 2.68. The van der Waals surface area contributed by atoms with Crippen molar-refractivity contribution in [2.24, 2.45) is 0 Å². The number of carbonyl (C=O) groups excluding carboxylic acids is 1. The molecule has 3 aromatic rings. The summed E-state index contributed by atoms with van der Waals surface area (Å²) >= 11 is 5.85. The molecule has 0 spiro atoms. The molecular weight excluding hydrogens is 346 g/mol. The van der Waals surface area contributed by atoms with Crippen LogP contribution in [0, 0.1) is 11.3 Å². The summed E-state index contributed by atoms with van der Waals surface area (Å²) < 4.78 is 5.76. The number of nitriles is 1. The van der Waals surface area contributed by atoms with Crippen LogP contribution < -0.4 is 4.74 Å². The molecule has 0 fully saturated rings. The summed E-state index contributed by atoms with van der Waals surface area (Å²) in [6.07, 6.45) is -0.600. The van der Waals surface area contributed by atoms with Gasteiger partial charge in [0.2, 0.25) is 5.78 Å². The SMILES string of the molecule is C[C@@H](Oc1ccc(-c2ccc(C#N)cc2)cc1)C(=O)c1ccc(Cl)cc1. The van der Waals surface area contributed by atoms with E-state index in [-0.39, 0.29) is 5.78 Å². The predicted octanol–water partition coefficient (Wildman–Crippen LogP) is 5.53. The van der Waals surface area contributed by atoms with Crippen molar-refractivity contribution in [3.05, 3.63) is 88.9 Å². The van der Waals surface area contributed by atoms with Crippen molar-refractivity contribution >= 4 is 17.4 Å². The van der Waals surface area contributed by atoms with Crippen LogP contribution in [-0.2, 0) is 0 Å². The molecule has 0 amide bonds. The maximum atomic E-state index is 12.4. The summed E-state index contributed by atoms with van der Waals surface area (Å²) in [5.41, 5.74) is 3.22. The topological polar surface area (TPSA) is 50.1 Å². The summed E-state index contributed by atoms with van der Waals surface area (Å²) in [5.74, 6) is 0.523.